The molecule has 0 saturated heterocycles. The van der Waals surface area contributed by atoms with Crippen molar-refractivity contribution >= 4 is 22.6 Å². The predicted molar refractivity (Wildman–Crippen MR) is 98.3 cm³/mol. The highest BCUT2D eigenvalue weighted by atomic mass is 19.4. The number of rotatable bonds is 3. The van der Waals surface area contributed by atoms with Gasteiger partial charge in [-0.3, -0.25) is 4.79 Å². The van der Waals surface area contributed by atoms with Gasteiger partial charge in [0.1, 0.15) is 11.0 Å². The van der Waals surface area contributed by atoms with E-state index < -0.39 is 11.7 Å². The van der Waals surface area contributed by atoms with Crippen molar-refractivity contribution in [3.63, 3.8) is 0 Å². The van der Waals surface area contributed by atoms with E-state index >= 15 is 0 Å². The fraction of sp³-hybridized carbons (Fsp3) is 0.0500. The van der Waals surface area contributed by atoms with Gasteiger partial charge in [0.05, 0.1) is 11.3 Å². The van der Waals surface area contributed by atoms with E-state index in [9.17, 15) is 18.0 Å². The maximum Gasteiger partial charge on any atom is 0.416 e. The number of hydrogen-bond donors (Lipinski definition) is 1. The molecule has 0 aliphatic rings. The number of alkyl halides is 3. The molecule has 0 bridgehead atoms. The van der Waals surface area contributed by atoms with Crippen LogP contribution in [0.15, 0.2) is 72.8 Å². The summed E-state index contributed by atoms with van der Waals surface area (Å²) in [4.78, 5) is 13.4. The van der Waals surface area contributed by atoms with Crippen molar-refractivity contribution in [1.29, 1.82) is 0 Å². The summed E-state index contributed by atoms with van der Waals surface area (Å²) in [6, 6.07) is 18.4. The molecule has 0 radical (unpaired) electrons. The number of nitrogens with zero attached hydrogens (tertiary/aromatic N) is 3. The van der Waals surface area contributed by atoms with Gasteiger partial charge in [-0.1, -0.05) is 24.3 Å². The van der Waals surface area contributed by atoms with Gasteiger partial charge in [-0.15, -0.1) is 10.2 Å². The standard InChI is InChI=1S/C20H13F3N4O/c21-20(22,23)14-7-4-8-16(11-14)27-25-17-10-9-15(12-18(17)26-27)24-19(28)13-5-2-1-3-6-13/h1-12H,(H,24,28). The van der Waals surface area contributed by atoms with E-state index in [0.717, 1.165) is 16.9 Å². The van der Waals surface area contributed by atoms with Crippen molar-refractivity contribution in [2.75, 3.05) is 5.32 Å². The first-order valence-corrected chi connectivity index (χ1v) is 8.31. The monoisotopic (exact) mass is 382 g/mol. The van der Waals surface area contributed by atoms with Crippen LogP contribution in [0.4, 0.5) is 18.9 Å². The number of hydrogen-bond acceptors (Lipinski definition) is 3. The lowest BCUT2D eigenvalue weighted by Crippen LogP contribution is -2.11. The molecule has 1 aromatic heterocycles. The van der Waals surface area contributed by atoms with Crippen LogP contribution in [-0.2, 0) is 6.18 Å². The van der Waals surface area contributed by atoms with Gasteiger partial charge in [0.25, 0.3) is 5.91 Å². The molecule has 0 aliphatic carbocycles. The number of benzene rings is 3. The molecule has 0 aliphatic heterocycles. The average molecular weight is 382 g/mol. The molecule has 1 amide bonds. The van der Waals surface area contributed by atoms with Crippen molar-refractivity contribution in [2.45, 2.75) is 6.18 Å². The maximum atomic E-state index is 12.9. The fourth-order valence-electron chi connectivity index (χ4n) is 2.71. The highest BCUT2D eigenvalue weighted by Gasteiger charge is 2.30. The Balaban J connectivity index is 1.63. The van der Waals surface area contributed by atoms with Crippen LogP contribution in [-0.4, -0.2) is 20.9 Å². The number of fused-ring (bicyclic) bond motifs is 1. The number of anilines is 1. The van der Waals surface area contributed by atoms with Crippen LogP contribution < -0.4 is 5.32 Å². The quantitative estimate of drug-likeness (QED) is 0.559. The molecule has 140 valence electrons. The van der Waals surface area contributed by atoms with Gasteiger partial charge in [-0.05, 0) is 48.5 Å². The maximum absolute atomic E-state index is 12.9. The van der Waals surface area contributed by atoms with Crippen molar-refractivity contribution in [2.24, 2.45) is 0 Å². The highest BCUT2D eigenvalue weighted by Crippen LogP contribution is 2.30. The summed E-state index contributed by atoms with van der Waals surface area (Å²) in [5.41, 5.74) is 1.38. The largest absolute Gasteiger partial charge is 0.416 e. The third-order valence-electron chi connectivity index (χ3n) is 4.08. The van der Waals surface area contributed by atoms with Gasteiger partial charge >= 0.3 is 6.18 Å². The average Bonchev–Trinajstić information content (AvgIpc) is 3.11. The molecule has 4 rings (SSSR count). The van der Waals surface area contributed by atoms with Crippen LogP contribution in [0.25, 0.3) is 16.7 Å². The smallest absolute Gasteiger partial charge is 0.322 e. The highest BCUT2D eigenvalue weighted by molar-refractivity contribution is 6.04. The van der Waals surface area contributed by atoms with Crippen LogP contribution in [0.3, 0.4) is 0 Å². The van der Waals surface area contributed by atoms with Gasteiger partial charge in [-0.25, -0.2) is 0 Å². The van der Waals surface area contributed by atoms with Crippen molar-refractivity contribution in [3.8, 4) is 5.69 Å². The number of carbonyl (C=O) groups excluding carboxylic acids is 1. The number of carbonyl (C=O) groups is 1. The molecular formula is C20H13F3N4O. The topological polar surface area (TPSA) is 59.8 Å². The molecule has 28 heavy (non-hydrogen) atoms. The van der Waals surface area contributed by atoms with Gasteiger partial charge in [0, 0.05) is 11.3 Å². The molecule has 0 unspecified atom stereocenters. The Bertz CT molecular complexity index is 1150. The second kappa shape index (κ2) is 6.80. The summed E-state index contributed by atoms with van der Waals surface area (Å²) in [6.45, 7) is 0. The summed E-state index contributed by atoms with van der Waals surface area (Å²) >= 11 is 0. The first kappa shape index (κ1) is 17.7. The van der Waals surface area contributed by atoms with Crippen LogP contribution in [0.2, 0.25) is 0 Å². The lowest BCUT2D eigenvalue weighted by atomic mass is 10.2. The zero-order valence-electron chi connectivity index (χ0n) is 14.3. The molecule has 1 heterocycles. The Morgan fingerprint density at radius 3 is 2.36 bits per heavy atom. The van der Waals surface area contributed by atoms with Gasteiger partial charge < -0.3 is 5.32 Å². The molecular weight excluding hydrogens is 369 g/mol. The first-order valence-electron chi connectivity index (χ1n) is 8.31. The Hall–Kier alpha value is -3.68. The molecule has 0 fully saturated rings. The third kappa shape index (κ3) is 3.57. The summed E-state index contributed by atoms with van der Waals surface area (Å²) in [5.74, 6) is -0.273. The fourth-order valence-corrected chi connectivity index (χ4v) is 2.71. The lowest BCUT2D eigenvalue weighted by molar-refractivity contribution is -0.137. The molecule has 8 heteroatoms. The van der Waals surface area contributed by atoms with Gasteiger partial charge in [0.2, 0.25) is 0 Å². The van der Waals surface area contributed by atoms with Gasteiger partial charge in [-0.2, -0.15) is 18.0 Å². The Kier molecular flexibility index (Phi) is 4.31. The van der Waals surface area contributed by atoms with Crippen molar-refractivity contribution in [1.82, 2.24) is 15.0 Å². The van der Waals surface area contributed by atoms with E-state index in [4.69, 9.17) is 0 Å². The van der Waals surface area contributed by atoms with Crippen molar-refractivity contribution in [3.05, 3.63) is 83.9 Å². The molecule has 1 N–H and O–H groups in total. The SMILES string of the molecule is O=C(Nc1ccc2nn(-c3cccc(C(F)(F)F)c3)nc2c1)c1ccccc1. The van der Waals surface area contributed by atoms with Crippen LogP contribution in [0.5, 0.6) is 0 Å². The summed E-state index contributed by atoms with van der Waals surface area (Å²) in [5, 5.41) is 11.2. The van der Waals surface area contributed by atoms with Crippen LogP contribution >= 0.6 is 0 Å². The van der Waals surface area contributed by atoms with E-state index in [1.165, 1.54) is 12.1 Å². The number of nitrogens with one attached hydrogen (secondary N) is 1. The number of aromatic nitrogens is 3. The molecule has 0 spiro atoms. The van der Waals surface area contributed by atoms with E-state index in [0.29, 0.717) is 22.3 Å². The minimum atomic E-state index is -4.45. The normalized spacial score (nSPS) is 11.5. The molecule has 4 aromatic rings. The third-order valence-corrected chi connectivity index (χ3v) is 4.08. The van der Waals surface area contributed by atoms with E-state index in [2.05, 4.69) is 15.5 Å². The Morgan fingerprint density at radius 2 is 1.61 bits per heavy atom. The van der Waals surface area contributed by atoms with Crippen LogP contribution in [0, 0.1) is 0 Å². The summed E-state index contributed by atoms with van der Waals surface area (Å²) in [6.07, 6.45) is -4.45. The second-order valence-corrected chi connectivity index (χ2v) is 6.06. The lowest BCUT2D eigenvalue weighted by Gasteiger charge is -2.07. The molecule has 5 nitrogen and oxygen atoms in total. The second-order valence-electron chi connectivity index (χ2n) is 6.06. The van der Waals surface area contributed by atoms with E-state index in [-0.39, 0.29) is 11.6 Å². The number of amides is 1. The summed E-state index contributed by atoms with van der Waals surface area (Å²) < 4.78 is 38.7. The van der Waals surface area contributed by atoms with Crippen molar-refractivity contribution < 1.29 is 18.0 Å². The minimum Gasteiger partial charge on any atom is -0.322 e. The van der Waals surface area contributed by atoms with Crippen LogP contribution in [0.1, 0.15) is 15.9 Å². The Labute approximate surface area is 157 Å². The molecule has 3 aromatic carbocycles. The van der Waals surface area contributed by atoms with E-state index in [1.54, 1.807) is 42.5 Å². The zero-order valence-corrected chi connectivity index (χ0v) is 14.3. The molecule has 0 saturated carbocycles. The van der Waals surface area contributed by atoms with E-state index in [1.807, 2.05) is 6.07 Å². The number of halogens is 3. The minimum absolute atomic E-state index is 0.195. The zero-order chi connectivity index (χ0) is 19.7. The summed E-state index contributed by atoms with van der Waals surface area (Å²) in [7, 11) is 0. The predicted octanol–water partition coefficient (Wildman–Crippen LogP) is 4.69. The Morgan fingerprint density at radius 1 is 0.857 bits per heavy atom. The first-order chi connectivity index (χ1) is 13.4. The van der Waals surface area contributed by atoms with Gasteiger partial charge in [0.15, 0.2) is 0 Å². The molecule has 0 atom stereocenters.